The van der Waals surface area contributed by atoms with Crippen molar-refractivity contribution >= 4 is 5.97 Å². The second-order valence-electron chi connectivity index (χ2n) is 4.77. The fourth-order valence-corrected chi connectivity index (χ4v) is 1.92. The predicted octanol–water partition coefficient (Wildman–Crippen LogP) is 2.74. The molecule has 0 aromatic heterocycles. The summed E-state index contributed by atoms with van der Waals surface area (Å²) >= 11 is 0. The fraction of sp³-hybridized carbons (Fsp3) is 0.500. The summed E-state index contributed by atoms with van der Waals surface area (Å²) in [6.45, 7) is 7.23. The van der Waals surface area contributed by atoms with Crippen molar-refractivity contribution in [3.63, 3.8) is 0 Å². The van der Waals surface area contributed by atoms with Gasteiger partial charge in [-0.05, 0) is 45.4 Å². The van der Waals surface area contributed by atoms with E-state index >= 15 is 0 Å². The van der Waals surface area contributed by atoms with Gasteiger partial charge in [-0.2, -0.15) is 0 Å². The Balaban J connectivity index is 3.21. The lowest BCUT2D eigenvalue weighted by molar-refractivity contribution is -0.151. The van der Waals surface area contributed by atoms with E-state index in [0.29, 0.717) is 5.56 Å². The summed E-state index contributed by atoms with van der Waals surface area (Å²) in [4.78, 5) is 12.1. The summed E-state index contributed by atoms with van der Waals surface area (Å²) in [6.07, 6.45) is 0. The summed E-state index contributed by atoms with van der Waals surface area (Å²) < 4.78 is 31.3. The van der Waals surface area contributed by atoms with E-state index in [-0.39, 0.29) is 12.6 Å². The smallest absolute Gasteiger partial charge is 0.330 e. The van der Waals surface area contributed by atoms with Gasteiger partial charge in [0, 0.05) is 6.04 Å². The number of nitrogens with one attached hydrogen (secondary N) is 1. The Morgan fingerprint density at radius 2 is 2.00 bits per heavy atom. The number of carbonyl (C=O) groups is 1. The molecular formula is C14H19F2NO2. The van der Waals surface area contributed by atoms with Crippen LogP contribution < -0.4 is 5.32 Å². The Morgan fingerprint density at radius 3 is 2.47 bits per heavy atom. The minimum Gasteiger partial charge on any atom is -0.464 e. The van der Waals surface area contributed by atoms with Crippen LogP contribution in [0.5, 0.6) is 0 Å². The Hall–Kier alpha value is -1.49. The van der Waals surface area contributed by atoms with Crippen molar-refractivity contribution in [2.45, 2.75) is 39.3 Å². The molecule has 5 heteroatoms. The molecule has 0 saturated heterocycles. The third-order valence-corrected chi connectivity index (χ3v) is 2.76. The number of rotatable bonds is 5. The molecule has 0 radical (unpaired) electrons. The van der Waals surface area contributed by atoms with Gasteiger partial charge >= 0.3 is 5.97 Å². The second kappa shape index (κ2) is 6.10. The van der Waals surface area contributed by atoms with Crippen molar-refractivity contribution in [3.05, 3.63) is 35.4 Å². The van der Waals surface area contributed by atoms with Crippen molar-refractivity contribution in [3.8, 4) is 0 Å². The van der Waals surface area contributed by atoms with Crippen LogP contribution in [0.25, 0.3) is 0 Å². The first-order valence-corrected chi connectivity index (χ1v) is 6.21. The van der Waals surface area contributed by atoms with Crippen LogP contribution in [0, 0.1) is 11.6 Å². The molecule has 1 unspecified atom stereocenters. The first-order chi connectivity index (χ1) is 8.81. The first-order valence-electron chi connectivity index (χ1n) is 6.21. The average molecular weight is 271 g/mol. The zero-order valence-corrected chi connectivity index (χ0v) is 11.6. The number of benzene rings is 1. The van der Waals surface area contributed by atoms with Crippen molar-refractivity contribution in [2.24, 2.45) is 0 Å². The quantitative estimate of drug-likeness (QED) is 0.837. The van der Waals surface area contributed by atoms with Crippen LogP contribution in [-0.2, 0) is 15.1 Å². The van der Waals surface area contributed by atoms with Gasteiger partial charge in [0.1, 0.15) is 5.54 Å². The molecule has 3 nitrogen and oxygen atoms in total. The summed E-state index contributed by atoms with van der Waals surface area (Å²) in [7, 11) is 0. The van der Waals surface area contributed by atoms with Gasteiger partial charge in [-0.1, -0.05) is 6.07 Å². The number of esters is 1. The van der Waals surface area contributed by atoms with Crippen LogP contribution in [-0.4, -0.2) is 18.6 Å². The molecule has 1 atom stereocenters. The third-order valence-electron chi connectivity index (χ3n) is 2.76. The van der Waals surface area contributed by atoms with E-state index in [9.17, 15) is 13.6 Å². The van der Waals surface area contributed by atoms with Gasteiger partial charge in [0.2, 0.25) is 0 Å². The minimum atomic E-state index is -1.21. The van der Waals surface area contributed by atoms with Gasteiger partial charge < -0.3 is 4.74 Å². The van der Waals surface area contributed by atoms with Crippen LogP contribution in [0.2, 0.25) is 0 Å². The van der Waals surface area contributed by atoms with Gasteiger partial charge in [-0.15, -0.1) is 0 Å². The topological polar surface area (TPSA) is 38.3 Å². The Bertz CT molecular complexity index is 463. The molecule has 1 N–H and O–H groups in total. The molecule has 0 aliphatic rings. The maximum Gasteiger partial charge on any atom is 0.330 e. The van der Waals surface area contributed by atoms with E-state index in [0.717, 1.165) is 12.1 Å². The lowest BCUT2D eigenvalue weighted by Gasteiger charge is -2.31. The summed E-state index contributed by atoms with van der Waals surface area (Å²) in [5.41, 5.74) is -0.878. The van der Waals surface area contributed by atoms with Gasteiger partial charge in [0.25, 0.3) is 0 Å². The van der Waals surface area contributed by atoms with E-state index < -0.39 is 23.1 Å². The minimum absolute atomic E-state index is 0.0254. The number of hydrogen-bond donors (Lipinski definition) is 1. The van der Waals surface area contributed by atoms with Crippen molar-refractivity contribution in [1.82, 2.24) is 5.32 Å². The highest BCUT2D eigenvalue weighted by Gasteiger charge is 2.37. The molecule has 0 aliphatic heterocycles. The van der Waals surface area contributed by atoms with E-state index in [1.165, 1.54) is 6.07 Å². The van der Waals surface area contributed by atoms with Crippen molar-refractivity contribution in [1.29, 1.82) is 0 Å². The highest BCUT2D eigenvalue weighted by molar-refractivity contribution is 5.82. The number of ether oxygens (including phenoxy) is 1. The Kier molecular flexibility index (Phi) is 5.00. The maximum atomic E-state index is 13.3. The van der Waals surface area contributed by atoms with Crippen molar-refractivity contribution < 1.29 is 18.3 Å². The average Bonchev–Trinajstić information content (AvgIpc) is 2.31. The summed E-state index contributed by atoms with van der Waals surface area (Å²) in [6, 6.07) is 3.37. The monoisotopic (exact) mass is 271 g/mol. The molecule has 19 heavy (non-hydrogen) atoms. The fourth-order valence-electron chi connectivity index (χ4n) is 1.92. The SMILES string of the molecule is CCOC(=O)C(C)(NC(C)C)c1ccc(F)c(F)c1. The Morgan fingerprint density at radius 1 is 1.37 bits per heavy atom. The normalized spacial score (nSPS) is 14.3. The largest absolute Gasteiger partial charge is 0.464 e. The molecule has 0 saturated carbocycles. The van der Waals surface area contributed by atoms with Crippen LogP contribution in [0.15, 0.2) is 18.2 Å². The van der Waals surface area contributed by atoms with Crippen LogP contribution in [0.1, 0.15) is 33.3 Å². The highest BCUT2D eigenvalue weighted by atomic mass is 19.2. The molecule has 0 fully saturated rings. The zero-order valence-electron chi connectivity index (χ0n) is 11.6. The number of hydrogen-bond acceptors (Lipinski definition) is 3. The molecule has 1 rings (SSSR count). The van der Waals surface area contributed by atoms with Crippen molar-refractivity contribution in [2.75, 3.05) is 6.61 Å². The molecule has 106 valence electrons. The number of halogens is 2. The Labute approximate surface area is 112 Å². The lowest BCUT2D eigenvalue weighted by Crippen LogP contribution is -2.50. The molecule has 0 spiro atoms. The molecule has 0 heterocycles. The molecule has 1 aromatic carbocycles. The number of carbonyl (C=O) groups excluding carboxylic acids is 1. The van der Waals surface area contributed by atoms with Gasteiger partial charge in [-0.3, -0.25) is 5.32 Å². The standard InChI is InChI=1S/C14H19F2NO2/c1-5-19-13(18)14(4,17-9(2)3)10-6-7-11(15)12(16)8-10/h6-9,17H,5H2,1-4H3. The second-order valence-corrected chi connectivity index (χ2v) is 4.77. The van der Waals surface area contributed by atoms with E-state index in [1.54, 1.807) is 13.8 Å². The summed E-state index contributed by atoms with van der Waals surface area (Å²) in [5, 5.41) is 3.04. The zero-order chi connectivity index (χ0) is 14.6. The van der Waals surface area contributed by atoms with Gasteiger partial charge in [0.15, 0.2) is 11.6 Å². The molecule has 0 amide bonds. The third kappa shape index (κ3) is 3.50. The molecule has 0 bridgehead atoms. The van der Waals surface area contributed by atoms with Crippen LogP contribution in [0.3, 0.4) is 0 Å². The molecule has 0 aliphatic carbocycles. The van der Waals surface area contributed by atoms with Gasteiger partial charge in [-0.25, -0.2) is 13.6 Å². The predicted molar refractivity (Wildman–Crippen MR) is 68.6 cm³/mol. The summed E-state index contributed by atoms with van der Waals surface area (Å²) in [5.74, 6) is -2.45. The van der Waals surface area contributed by atoms with E-state index in [4.69, 9.17) is 4.74 Å². The lowest BCUT2D eigenvalue weighted by atomic mass is 9.91. The van der Waals surface area contributed by atoms with Crippen LogP contribution in [0.4, 0.5) is 8.78 Å². The molecular weight excluding hydrogens is 252 g/mol. The van der Waals surface area contributed by atoms with Crippen LogP contribution >= 0.6 is 0 Å². The van der Waals surface area contributed by atoms with Gasteiger partial charge in [0.05, 0.1) is 6.61 Å². The van der Waals surface area contributed by atoms with E-state index in [2.05, 4.69) is 5.32 Å². The maximum absolute atomic E-state index is 13.3. The first kappa shape index (κ1) is 15.6. The molecule has 1 aromatic rings. The highest BCUT2D eigenvalue weighted by Crippen LogP contribution is 2.25. The van der Waals surface area contributed by atoms with E-state index in [1.807, 2.05) is 13.8 Å².